The molecule has 0 radical (unpaired) electrons. The average molecular weight is 496 g/mol. The van der Waals surface area contributed by atoms with E-state index in [4.69, 9.17) is 0 Å². The van der Waals surface area contributed by atoms with Crippen molar-refractivity contribution in [1.82, 2.24) is 34.7 Å². The molecule has 0 aliphatic rings. The second kappa shape index (κ2) is 10.4. The number of tetrazole rings is 1. The summed E-state index contributed by atoms with van der Waals surface area (Å²) in [7, 11) is 0. The van der Waals surface area contributed by atoms with Gasteiger partial charge in [0.1, 0.15) is 0 Å². The number of aromatic nitrogens is 7. The summed E-state index contributed by atoms with van der Waals surface area (Å²) >= 11 is 0. The van der Waals surface area contributed by atoms with Crippen LogP contribution in [0.4, 0.5) is 0 Å². The number of rotatable bonds is 9. The van der Waals surface area contributed by atoms with Crippen LogP contribution in [0.3, 0.4) is 0 Å². The quantitative estimate of drug-likeness (QED) is 0.316. The van der Waals surface area contributed by atoms with Gasteiger partial charge in [-0.1, -0.05) is 55.8 Å². The molecule has 0 saturated carbocycles. The number of hydrogen-bond donors (Lipinski definition) is 2. The zero-order valence-electron chi connectivity index (χ0n) is 20.2. The Bertz CT molecular complexity index is 1590. The van der Waals surface area contributed by atoms with Crippen LogP contribution in [-0.2, 0) is 13.0 Å². The average Bonchev–Trinajstić information content (AvgIpc) is 3.57. The van der Waals surface area contributed by atoms with Gasteiger partial charge in [0.2, 0.25) is 5.82 Å². The fraction of sp³-hybridized carbons (Fsp3) is 0.185. The first-order valence-electron chi connectivity index (χ1n) is 12.0. The first-order valence-corrected chi connectivity index (χ1v) is 12.0. The van der Waals surface area contributed by atoms with Gasteiger partial charge < -0.3 is 5.11 Å². The number of unbranched alkanes of at least 4 members (excludes halogenated alkanes) is 1. The molecule has 2 N–H and O–H groups in total. The highest BCUT2D eigenvalue weighted by atomic mass is 16.4. The van der Waals surface area contributed by atoms with Gasteiger partial charge >= 0.3 is 11.7 Å². The first kappa shape index (κ1) is 23.9. The molecule has 0 atom stereocenters. The van der Waals surface area contributed by atoms with Gasteiger partial charge in [0.15, 0.2) is 0 Å². The van der Waals surface area contributed by atoms with Crippen molar-refractivity contribution in [2.24, 2.45) is 0 Å². The van der Waals surface area contributed by atoms with Crippen molar-refractivity contribution in [2.75, 3.05) is 0 Å². The third-order valence-corrected chi connectivity index (χ3v) is 6.20. The van der Waals surface area contributed by atoms with Gasteiger partial charge in [0, 0.05) is 29.2 Å². The minimum atomic E-state index is -1.08. The number of benzene rings is 2. The summed E-state index contributed by atoms with van der Waals surface area (Å²) < 4.78 is 3.12. The summed E-state index contributed by atoms with van der Waals surface area (Å²) in [5.74, 6) is -0.595. The van der Waals surface area contributed by atoms with Crippen LogP contribution in [0.1, 0.15) is 41.4 Å². The highest BCUT2D eigenvalue weighted by Crippen LogP contribution is 2.28. The fourth-order valence-electron chi connectivity index (χ4n) is 4.33. The number of aromatic carboxylic acids is 1. The van der Waals surface area contributed by atoms with Crippen molar-refractivity contribution in [2.45, 2.75) is 32.7 Å². The van der Waals surface area contributed by atoms with Crippen LogP contribution in [0.5, 0.6) is 0 Å². The number of nitrogens with one attached hydrogen (secondary N) is 1. The predicted molar refractivity (Wildman–Crippen MR) is 138 cm³/mol. The zero-order chi connectivity index (χ0) is 25.8. The number of aryl methyl sites for hydroxylation is 1. The summed E-state index contributed by atoms with van der Waals surface area (Å²) in [4.78, 5) is 29.9. The molecule has 186 valence electrons. The Labute approximate surface area is 212 Å². The molecule has 10 heteroatoms. The summed E-state index contributed by atoms with van der Waals surface area (Å²) in [6.45, 7) is 2.41. The van der Waals surface area contributed by atoms with Gasteiger partial charge in [-0.25, -0.2) is 9.59 Å². The number of pyridine rings is 1. The predicted octanol–water partition coefficient (Wildman–Crippen LogP) is 3.97. The number of imidazole rings is 1. The molecule has 3 aromatic heterocycles. The van der Waals surface area contributed by atoms with E-state index in [1.54, 1.807) is 35.2 Å². The Balaban J connectivity index is 1.49. The van der Waals surface area contributed by atoms with Crippen molar-refractivity contribution in [3.8, 4) is 28.3 Å². The Kier molecular flexibility index (Phi) is 6.71. The molecule has 0 amide bonds. The van der Waals surface area contributed by atoms with Crippen LogP contribution in [0, 0.1) is 0 Å². The van der Waals surface area contributed by atoms with E-state index >= 15 is 0 Å². The van der Waals surface area contributed by atoms with Crippen molar-refractivity contribution in [3.05, 3.63) is 100 Å². The lowest BCUT2D eigenvalue weighted by Crippen LogP contribution is -2.25. The smallest absolute Gasteiger partial charge is 0.337 e. The SMILES string of the molecule is CCCCc1cn(-c2ccccc2C(=O)O)c(=O)n1Cc1ccc(-c2ccccc2-c2nn[nH]n2)nc1. The van der Waals surface area contributed by atoms with E-state index in [9.17, 15) is 14.7 Å². The second-order valence-corrected chi connectivity index (χ2v) is 8.62. The molecule has 10 nitrogen and oxygen atoms in total. The molecule has 0 aliphatic heterocycles. The maximum Gasteiger partial charge on any atom is 0.337 e. The second-order valence-electron chi connectivity index (χ2n) is 8.62. The number of carbonyl (C=O) groups is 1. The molecular weight excluding hydrogens is 470 g/mol. The molecule has 0 aliphatic carbocycles. The molecule has 5 rings (SSSR count). The van der Waals surface area contributed by atoms with E-state index in [2.05, 4.69) is 32.5 Å². The lowest BCUT2D eigenvalue weighted by Gasteiger charge is -2.09. The van der Waals surface area contributed by atoms with Crippen LogP contribution >= 0.6 is 0 Å². The standard InChI is InChI=1S/C27H25N7O3/c1-2-3-8-19-17-34(24-12-7-6-11-22(24)26(35)36)27(37)33(19)16-18-13-14-23(28-15-18)20-9-4-5-10-21(20)25-29-31-32-30-25/h4-7,9-15,17H,2-3,8,16H2,1H3,(H,35,36)(H,29,30,31,32). The Morgan fingerprint density at radius 1 is 1.03 bits per heavy atom. The molecular formula is C27H25N7O3. The number of nitrogens with zero attached hydrogens (tertiary/aromatic N) is 6. The molecule has 3 heterocycles. The molecule has 0 spiro atoms. The van der Waals surface area contributed by atoms with Crippen molar-refractivity contribution < 1.29 is 9.90 Å². The van der Waals surface area contributed by atoms with Crippen molar-refractivity contribution >= 4 is 5.97 Å². The van der Waals surface area contributed by atoms with Gasteiger partial charge in [-0.3, -0.25) is 14.1 Å². The topological polar surface area (TPSA) is 132 Å². The summed E-state index contributed by atoms with van der Waals surface area (Å²) in [6.07, 6.45) is 6.09. The zero-order valence-corrected chi connectivity index (χ0v) is 20.2. The van der Waals surface area contributed by atoms with Gasteiger partial charge in [-0.2, -0.15) is 5.21 Å². The van der Waals surface area contributed by atoms with E-state index in [1.807, 2.05) is 36.4 Å². The molecule has 0 unspecified atom stereocenters. The van der Waals surface area contributed by atoms with Crippen LogP contribution in [-0.4, -0.2) is 45.8 Å². The Morgan fingerprint density at radius 3 is 2.51 bits per heavy atom. The molecule has 0 fully saturated rings. The minimum Gasteiger partial charge on any atom is -0.478 e. The first-order chi connectivity index (χ1) is 18.1. The number of aromatic amines is 1. The summed E-state index contributed by atoms with van der Waals surface area (Å²) in [5, 5.41) is 23.9. The van der Waals surface area contributed by atoms with Crippen LogP contribution in [0.15, 0.2) is 77.9 Å². The van der Waals surface area contributed by atoms with Gasteiger partial charge in [-0.05, 0) is 41.8 Å². The lowest BCUT2D eigenvalue weighted by atomic mass is 10.0. The van der Waals surface area contributed by atoms with E-state index in [0.29, 0.717) is 24.5 Å². The Morgan fingerprint density at radius 2 is 1.81 bits per heavy atom. The minimum absolute atomic E-state index is 0.0788. The number of H-pyrrole nitrogens is 1. The van der Waals surface area contributed by atoms with Crippen molar-refractivity contribution in [1.29, 1.82) is 0 Å². The maximum absolute atomic E-state index is 13.5. The normalized spacial score (nSPS) is 11.1. The van der Waals surface area contributed by atoms with Crippen LogP contribution < -0.4 is 5.69 Å². The third kappa shape index (κ3) is 4.81. The highest BCUT2D eigenvalue weighted by molar-refractivity contribution is 5.91. The summed E-state index contributed by atoms with van der Waals surface area (Å²) in [6, 6.07) is 18.1. The van der Waals surface area contributed by atoms with Crippen molar-refractivity contribution in [3.63, 3.8) is 0 Å². The number of carboxylic acid groups (broad SMARTS) is 1. The fourth-order valence-corrected chi connectivity index (χ4v) is 4.33. The van der Waals surface area contributed by atoms with Gasteiger partial charge in [0.05, 0.1) is 23.5 Å². The van der Waals surface area contributed by atoms with E-state index in [-0.39, 0.29) is 11.3 Å². The maximum atomic E-state index is 13.5. The van der Waals surface area contributed by atoms with E-state index < -0.39 is 5.97 Å². The molecule has 0 bridgehead atoms. The van der Waals surface area contributed by atoms with Gasteiger partial charge in [-0.15, -0.1) is 10.2 Å². The number of carboxylic acids is 1. The monoisotopic (exact) mass is 495 g/mol. The molecule has 2 aromatic carbocycles. The Hall–Kier alpha value is -4.86. The number of para-hydroxylation sites is 1. The number of hydrogen-bond acceptors (Lipinski definition) is 6. The van der Waals surface area contributed by atoms with Crippen LogP contribution in [0.2, 0.25) is 0 Å². The largest absolute Gasteiger partial charge is 0.478 e. The third-order valence-electron chi connectivity index (χ3n) is 6.20. The summed E-state index contributed by atoms with van der Waals surface area (Å²) in [5.41, 5.74) is 4.26. The van der Waals surface area contributed by atoms with Gasteiger partial charge in [0.25, 0.3) is 0 Å². The molecule has 37 heavy (non-hydrogen) atoms. The highest BCUT2D eigenvalue weighted by Gasteiger charge is 2.18. The van der Waals surface area contributed by atoms with E-state index in [1.165, 1.54) is 10.6 Å². The van der Waals surface area contributed by atoms with E-state index in [0.717, 1.165) is 40.9 Å². The van der Waals surface area contributed by atoms with Crippen LogP contribution in [0.25, 0.3) is 28.3 Å². The molecule has 5 aromatic rings. The lowest BCUT2D eigenvalue weighted by molar-refractivity contribution is 0.0697. The molecule has 0 saturated heterocycles.